The molecule has 0 rings (SSSR count). The van der Waals surface area contributed by atoms with Crippen molar-refractivity contribution < 1.29 is 179 Å². The Labute approximate surface area is 207 Å². The second kappa shape index (κ2) is 40.6. The van der Waals surface area contributed by atoms with Crippen molar-refractivity contribution in [2.24, 2.45) is 0 Å². The van der Waals surface area contributed by atoms with Crippen LogP contribution in [0.3, 0.4) is 0 Å². The molecular formula is H16O20Pr2S3. The molecule has 0 bridgehead atoms. The molecule has 0 aromatic heterocycles. The van der Waals surface area contributed by atoms with Gasteiger partial charge in [0.1, 0.15) is 0 Å². The first-order chi connectivity index (χ1) is 6.00. The van der Waals surface area contributed by atoms with Crippen molar-refractivity contribution in [2.45, 2.75) is 0 Å². The topological polar surface area (TPSA) is 493 Å². The molecule has 0 spiro atoms. The van der Waals surface area contributed by atoms with Gasteiger partial charge in [0.2, 0.25) is 0 Å². The van der Waals surface area contributed by atoms with E-state index in [9.17, 15) is 0 Å². The smallest absolute Gasteiger partial charge is 0.759 e. The van der Waals surface area contributed by atoms with Crippen LogP contribution < -0.4 is 0 Å². The molecule has 0 heterocycles. The first kappa shape index (κ1) is 93.1. The van der Waals surface area contributed by atoms with Gasteiger partial charge in [0.25, 0.3) is 0 Å². The third-order valence-corrected chi connectivity index (χ3v) is 0. The molecule has 0 aliphatic carbocycles. The van der Waals surface area contributed by atoms with Crippen LogP contribution in [-0.4, -0.2) is 96.4 Å². The maximum Gasteiger partial charge on any atom is 3.00 e. The number of rotatable bonds is 0. The zero-order valence-electron chi connectivity index (χ0n) is 11.3. The van der Waals surface area contributed by atoms with E-state index < -0.39 is 31.2 Å². The van der Waals surface area contributed by atoms with Crippen LogP contribution in [0.1, 0.15) is 0 Å². The van der Waals surface area contributed by atoms with Gasteiger partial charge in [-0.05, 0) is 0 Å². The van der Waals surface area contributed by atoms with Gasteiger partial charge in [0.15, 0.2) is 0 Å². The largest absolute Gasteiger partial charge is 3.00 e. The van der Waals surface area contributed by atoms with Gasteiger partial charge < -0.3 is 71.1 Å². The Kier molecular flexibility index (Phi) is 151. The summed E-state index contributed by atoms with van der Waals surface area (Å²) in [4.78, 5) is 0. The summed E-state index contributed by atoms with van der Waals surface area (Å²) in [5.41, 5.74) is 0. The zero-order chi connectivity index (χ0) is 13.5. The van der Waals surface area contributed by atoms with Crippen molar-refractivity contribution in [1.29, 1.82) is 0 Å². The molecular weight excluding hydrogens is 698 g/mol. The Morgan fingerprint density at radius 1 is 0.320 bits per heavy atom. The minimum Gasteiger partial charge on any atom is -0.759 e. The molecule has 0 aliphatic rings. The van der Waals surface area contributed by atoms with Crippen LogP contribution in [0.25, 0.3) is 0 Å². The summed E-state index contributed by atoms with van der Waals surface area (Å²) in [6.07, 6.45) is 0. The van der Waals surface area contributed by atoms with E-state index in [0.29, 0.717) is 0 Å². The molecule has 0 unspecified atom stereocenters. The first-order valence-electron chi connectivity index (χ1n) is 2.00. The van der Waals surface area contributed by atoms with E-state index in [1.54, 1.807) is 0 Å². The quantitative estimate of drug-likeness (QED) is 0.167. The molecule has 0 aliphatic heterocycles. The number of hydrogen-bond donors (Lipinski definition) is 0. The van der Waals surface area contributed by atoms with E-state index in [-0.39, 0.29) is 126 Å². The van der Waals surface area contributed by atoms with Gasteiger partial charge in [0, 0.05) is 31.2 Å². The molecule has 0 saturated heterocycles. The fourth-order valence-corrected chi connectivity index (χ4v) is 0. The van der Waals surface area contributed by atoms with Gasteiger partial charge in [0.05, 0.1) is 0 Å². The molecule has 25 heavy (non-hydrogen) atoms. The van der Waals surface area contributed by atoms with Crippen LogP contribution in [0, 0.1) is 82.6 Å². The van der Waals surface area contributed by atoms with Gasteiger partial charge in [-0.15, -0.1) is 0 Å². The fourth-order valence-electron chi connectivity index (χ4n) is 0. The Morgan fingerprint density at radius 3 is 0.320 bits per heavy atom. The molecule has 0 radical (unpaired) electrons. The zero-order valence-corrected chi connectivity index (χ0v) is 21.1. The summed E-state index contributed by atoms with van der Waals surface area (Å²) in [6.45, 7) is 0. The van der Waals surface area contributed by atoms with Crippen molar-refractivity contribution in [3.63, 3.8) is 0 Å². The maximum absolute atomic E-state index is 8.52. The summed E-state index contributed by atoms with van der Waals surface area (Å²) < 4.78 is 102. The van der Waals surface area contributed by atoms with Crippen LogP contribution in [-0.2, 0) is 31.2 Å². The van der Waals surface area contributed by atoms with E-state index in [1.165, 1.54) is 0 Å². The van der Waals surface area contributed by atoms with E-state index >= 15 is 0 Å². The van der Waals surface area contributed by atoms with Crippen molar-refractivity contribution >= 4 is 31.2 Å². The first-order valence-corrected chi connectivity index (χ1v) is 6.00. The van der Waals surface area contributed by atoms with Crippen molar-refractivity contribution in [1.82, 2.24) is 0 Å². The predicted molar refractivity (Wildman–Crippen MR) is 60.3 cm³/mol. The molecule has 0 fully saturated rings. The molecule has 0 aromatic rings. The minimum absolute atomic E-state index is 0. The van der Waals surface area contributed by atoms with Gasteiger partial charge >= 0.3 is 82.6 Å². The Hall–Kier alpha value is 2.02. The van der Waals surface area contributed by atoms with Gasteiger partial charge in [-0.25, -0.2) is 0 Å². The summed E-state index contributed by atoms with van der Waals surface area (Å²) in [5.74, 6) is 0. The SMILES string of the molecule is O.O.O.O.O.O.O.O.O=S(=O)([O-])[O-].O=S(=O)([O-])[O-].O=S(=O)([O-])[O-].[Pr+3].[Pr+3]. The summed E-state index contributed by atoms with van der Waals surface area (Å²) in [7, 11) is -15.5. The maximum atomic E-state index is 8.52. The van der Waals surface area contributed by atoms with Crippen LogP contribution in [0.2, 0.25) is 0 Å². The van der Waals surface area contributed by atoms with Crippen molar-refractivity contribution in [3.8, 4) is 0 Å². The molecule has 16 N–H and O–H groups in total. The van der Waals surface area contributed by atoms with E-state index in [0.717, 1.165) is 0 Å². The van der Waals surface area contributed by atoms with Crippen molar-refractivity contribution in [2.75, 3.05) is 0 Å². The third kappa shape index (κ3) is 3690. The van der Waals surface area contributed by atoms with Crippen LogP contribution in [0.15, 0.2) is 0 Å². The molecule has 0 atom stereocenters. The molecule has 0 aromatic carbocycles. The minimum atomic E-state index is -5.17. The van der Waals surface area contributed by atoms with Crippen LogP contribution in [0.4, 0.5) is 0 Å². The second-order valence-corrected chi connectivity index (χ2v) is 3.67. The average molecular weight is 714 g/mol. The summed E-state index contributed by atoms with van der Waals surface area (Å²) in [6, 6.07) is 0. The monoisotopic (exact) mass is 714 g/mol. The summed E-state index contributed by atoms with van der Waals surface area (Å²) in [5, 5.41) is 0. The average Bonchev–Trinajstić information content (AvgIpc) is 1.41. The molecule has 0 amide bonds. The Balaban J connectivity index is -0.00000000655. The third-order valence-electron chi connectivity index (χ3n) is 0. The van der Waals surface area contributed by atoms with Gasteiger partial charge in [-0.3, -0.25) is 25.3 Å². The predicted octanol–water partition coefficient (Wildman–Crippen LogP) is -10.6. The normalized spacial score (nSPS) is 6.96. The van der Waals surface area contributed by atoms with E-state index in [2.05, 4.69) is 0 Å². The van der Waals surface area contributed by atoms with Crippen molar-refractivity contribution in [3.05, 3.63) is 0 Å². The number of hydrogen-bond acceptors (Lipinski definition) is 12. The Morgan fingerprint density at radius 2 is 0.320 bits per heavy atom. The second-order valence-electron chi connectivity index (χ2n) is 1.22. The fraction of sp³-hybridized carbons (Fsp3) is 0. The van der Waals surface area contributed by atoms with Crippen LogP contribution in [0.5, 0.6) is 0 Å². The molecule has 0 saturated carbocycles. The van der Waals surface area contributed by atoms with Crippen LogP contribution >= 0.6 is 0 Å². The molecule has 25 heteroatoms. The van der Waals surface area contributed by atoms with Gasteiger partial charge in [-0.2, -0.15) is 0 Å². The molecule has 20 nitrogen and oxygen atoms in total. The standard InChI is InChI=1S/3H2O4S.8H2O.2Pr/c3*1-5(2,3)4;;;;;;;;;;/h3*(H2,1,2,3,4);8*1H2;;/q;;;;;;;;;;;2*+3/p-6. The van der Waals surface area contributed by atoms with Gasteiger partial charge in [-0.1, -0.05) is 0 Å². The Bertz CT molecular complexity index is 344. The molecule has 160 valence electrons. The summed E-state index contributed by atoms with van der Waals surface area (Å²) >= 11 is 0. The van der Waals surface area contributed by atoms with E-state index in [4.69, 9.17) is 52.6 Å². The van der Waals surface area contributed by atoms with E-state index in [1.807, 2.05) is 0 Å².